The van der Waals surface area contributed by atoms with Gasteiger partial charge in [0.1, 0.15) is 6.04 Å². The fourth-order valence-electron chi connectivity index (χ4n) is 2.80. The summed E-state index contributed by atoms with van der Waals surface area (Å²) in [6, 6.07) is 20.4. The Hall–Kier alpha value is -2.99. The summed E-state index contributed by atoms with van der Waals surface area (Å²) < 4.78 is 5.13. The maximum absolute atomic E-state index is 12.7. The zero-order valence-electron chi connectivity index (χ0n) is 16.3. The van der Waals surface area contributed by atoms with E-state index >= 15 is 0 Å². The van der Waals surface area contributed by atoms with E-state index in [9.17, 15) is 9.59 Å². The molecule has 0 fully saturated rings. The summed E-state index contributed by atoms with van der Waals surface area (Å²) in [5, 5.41) is 5.71. The van der Waals surface area contributed by atoms with Crippen LogP contribution in [0.15, 0.2) is 82.3 Å². The fraction of sp³-hybridized carbons (Fsp3) is 0.217. The SMILES string of the molecule is Cc1ccc(SCCNC(=O)C(Cc2ccccc2)NC(=O)c2ccco2)cc1. The molecule has 1 atom stereocenters. The van der Waals surface area contributed by atoms with Gasteiger partial charge in [0.05, 0.1) is 6.26 Å². The fourth-order valence-corrected chi connectivity index (χ4v) is 3.57. The summed E-state index contributed by atoms with van der Waals surface area (Å²) >= 11 is 1.68. The number of hydrogen-bond donors (Lipinski definition) is 2. The molecule has 1 aromatic heterocycles. The molecule has 6 heteroatoms. The highest BCUT2D eigenvalue weighted by molar-refractivity contribution is 7.99. The standard InChI is InChI=1S/C23H24N2O3S/c1-17-9-11-19(12-10-17)29-15-13-24-22(26)20(16-18-6-3-2-4-7-18)25-23(27)21-8-5-14-28-21/h2-12,14,20H,13,15-16H2,1H3,(H,24,26)(H,25,27). The second-order valence-electron chi connectivity index (χ2n) is 6.65. The van der Waals surface area contributed by atoms with Crippen LogP contribution in [0.25, 0.3) is 0 Å². The van der Waals surface area contributed by atoms with Gasteiger partial charge in [-0.05, 0) is 36.8 Å². The van der Waals surface area contributed by atoms with E-state index in [4.69, 9.17) is 4.42 Å². The normalized spacial score (nSPS) is 11.6. The van der Waals surface area contributed by atoms with E-state index < -0.39 is 11.9 Å². The zero-order valence-corrected chi connectivity index (χ0v) is 17.1. The topological polar surface area (TPSA) is 71.3 Å². The molecule has 0 aliphatic rings. The number of amides is 2. The van der Waals surface area contributed by atoms with E-state index in [0.717, 1.165) is 16.2 Å². The maximum Gasteiger partial charge on any atom is 0.287 e. The van der Waals surface area contributed by atoms with Gasteiger partial charge in [-0.3, -0.25) is 9.59 Å². The molecule has 0 radical (unpaired) electrons. The van der Waals surface area contributed by atoms with Crippen LogP contribution in [-0.4, -0.2) is 30.2 Å². The Morgan fingerprint density at radius 2 is 1.76 bits per heavy atom. The molecule has 0 aliphatic carbocycles. The van der Waals surface area contributed by atoms with E-state index in [0.29, 0.717) is 13.0 Å². The number of nitrogens with one attached hydrogen (secondary N) is 2. The van der Waals surface area contributed by atoms with Crippen LogP contribution in [0.2, 0.25) is 0 Å². The van der Waals surface area contributed by atoms with Crippen LogP contribution in [0.1, 0.15) is 21.7 Å². The van der Waals surface area contributed by atoms with Gasteiger partial charge in [0.15, 0.2) is 5.76 Å². The smallest absolute Gasteiger partial charge is 0.287 e. The molecule has 2 aromatic carbocycles. The van der Waals surface area contributed by atoms with Crippen LogP contribution < -0.4 is 10.6 Å². The number of benzene rings is 2. The Kier molecular flexibility index (Phi) is 7.53. The van der Waals surface area contributed by atoms with Crippen LogP contribution in [0, 0.1) is 6.92 Å². The van der Waals surface area contributed by atoms with Crippen molar-refractivity contribution in [2.75, 3.05) is 12.3 Å². The minimum atomic E-state index is -0.681. The largest absolute Gasteiger partial charge is 0.459 e. The Morgan fingerprint density at radius 1 is 1.00 bits per heavy atom. The number of aryl methyl sites for hydroxylation is 1. The van der Waals surface area contributed by atoms with Crippen molar-refractivity contribution < 1.29 is 14.0 Å². The molecule has 1 unspecified atom stereocenters. The first kappa shape index (κ1) is 20.7. The summed E-state index contributed by atoms with van der Waals surface area (Å²) in [4.78, 5) is 26.3. The van der Waals surface area contributed by atoms with Gasteiger partial charge in [-0.2, -0.15) is 0 Å². The quantitative estimate of drug-likeness (QED) is 0.417. The molecule has 3 aromatic rings. The first-order chi connectivity index (χ1) is 14.1. The average Bonchev–Trinajstić information content (AvgIpc) is 3.28. The Labute approximate surface area is 174 Å². The first-order valence-electron chi connectivity index (χ1n) is 9.47. The van der Waals surface area contributed by atoms with Crippen molar-refractivity contribution in [3.05, 3.63) is 89.9 Å². The third-order valence-electron chi connectivity index (χ3n) is 4.34. The van der Waals surface area contributed by atoms with Crippen LogP contribution in [0.3, 0.4) is 0 Å². The van der Waals surface area contributed by atoms with Gasteiger partial charge < -0.3 is 15.1 Å². The Balaban J connectivity index is 1.55. The molecule has 5 nitrogen and oxygen atoms in total. The van der Waals surface area contributed by atoms with Crippen molar-refractivity contribution in [1.29, 1.82) is 0 Å². The summed E-state index contributed by atoms with van der Waals surface area (Å²) in [7, 11) is 0. The molecular weight excluding hydrogens is 384 g/mol. The van der Waals surface area contributed by atoms with Gasteiger partial charge in [0.25, 0.3) is 5.91 Å². The van der Waals surface area contributed by atoms with Crippen molar-refractivity contribution >= 4 is 23.6 Å². The molecule has 0 saturated heterocycles. The number of carbonyl (C=O) groups is 2. The van der Waals surface area contributed by atoms with Gasteiger partial charge in [0, 0.05) is 23.6 Å². The highest BCUT2D eigenvalue weighted by Crippen LogP contribution is 2.17. The van der Waals surface area contributed by atoms with Gasteiger partial charge >= 0.3 is 0 Å². The van der Waals surface area contributed by atoms with E-state index in [1.807, 2.05) is 30.3 Å². The lowest BCUT2D eigenvalue weighted by Crippen LogP contribution is -2.48. The number of rotatable bonds is 9. The highest BCUT2D eigenvalue weighted by Gasteiger charge is 2.22. The van der Waals surface area contributed by atoms with Crippen LogP contribution in [0.5, 0.6) is 0 Å². The van der Waals surface area contributed by atoms with Crippen molar-refractivity contribution in [2.45, 2.75) is 24.3 Å². The first-order valence-corrected chi connectivity index (χ1v) is 10.5. The van der Waals surface area contributed by atoms with Gasteiger partial charge in [-0.1, -0.05) is 48.0 Å². The van der Waals surface area contributed by atoms with E-state index in [2.05, 4.69) is 41.8 Å². The zero-order chi connectivity index (χ0) is 20.5. The minimum Gasteiger partial charge on any atom is -0.459 e. The minimum absolute atomic E-state index is 0.186. The van der Waals surface area contributed by atoms with Crippen molar-refractivity contribution in [1.82, 2.24) is 10.6 Å². The summed E-state index contributed by atoms with van der Waals surface area (Å²) in [5.41, 5.74) is 2.19. The number of thioether (sulfide) groups is 1. The summed E-state index contributed by atoms with van der Waals surface area (Å²) in [6.07, 6.45) is 1.84. The third kappa shape index (κ3) is 6.54. The molecule has 0 aliphatic heterocycles. The predicted molar refractivity (Wildman–Crippen MR) is 115 cm³/mol. The van der Waals surface area contributed by atoms with Crippen LogP contribution in [0.4, 0.5) is 0 Å². The molecule has 3 rings (SSSR count). The van der Waals surface area contributed by atoms with Gasteiger partial charge in [-0.15, -0.1) is 11.8 Å². The number of carbonyl (C=O) groups excluding carboxylic acids is 2. The monoisotopic (exact) mass is 408 g/mol. The van der Waals surface area contributed by atoms with E-state index in [1.54, 1.807) is 23.9 Å². The van der Waals surface area contributed by atoms with Crippen molar-refractivity contribution in [3.63, 3.8) is 0 Å². The highest BCUT2D eigenvalue weighted by atomic mass is 32.2. The maximum atomic E-state index is 12.7. The van der Waals surface area contributed by atoms with E-state index in [-0.39, 0.29) is 11.7 Å². The lowest BCUT2D eigenvalue weighted by molar-refractivity contribution is -0.122. The van der Waals surface area contributed by atoms with Crippen LogP contribution in [-0.2, 0) is 11.2 Å². The molecule has 0 bridgehead atoms. The lowest BCUT2D eigenvalue weighted by atomic mass is 10.1. The molecule has 150 valence electrons. The van der Waals surface area contributed by atoms with Gasteiger partial charge in [-0.25, -0.2) is 0 Å². The lowest BCUT2D eigenvalue weighted by Gasteiger charge is -2.18. The molecule has 0 saturated carbocycles. The third-order valence-corrected chi connectivity index (χ3v) is 5.35. The summed E-state index contributed by atoms with van der Waals surface area (Å²) in [6.45, 7) is 2.57. The van der Waals surface area contributed by atoms with Gasteiger partial charge in [0.2, 0.25) is 5.91 Å². The number of hydrogen-bond acceptors (Lipinski definition) is 4. The molecule has 1 heterocycles. The molecular formula is C23H24N2O3S. The molecule has 2 amide bonds. The van der Waals surface area contributed by atoms with Crippen molar-refractivity contribution in [3.8, 4) is 0 Å². The molecule has 2 N–H and O–H groups in total. The van der Waals surface area contributed by atoms with Crippen molar-refractivity contribution in [2.24, 2.45) is 0 Å². The molecule has 0 spiro atoms. The predicted octanol–water partition coefficient (Wildman–Crippen LogP) is 3.84. The Morgan fingerprint density at radius 3 is 2.45 bits per heavy atom. The average molecular weight is 409 g/mol. The molecule has 29 heavy (non-hydrogen) atoms. The van der Waals surface area contributed by atoms with Crippen LogP contribution >= 0.6 is 11.8 Å². The second-order valence-corrected chi connectivity index (χ2v) is 7.81. The Bertz CT molecular complexity index is 909. The summed E-state index contributed by atoms with van der Waals surface area (Å²) in [5.74, 6) is 0.322. The second kappa shape index (κ2) is 10.5. The number of furan rings is 1. The van der Waals surface area contributed by atoms with E-state index in [1.165, 1.54) is 11.8 Å².